The molecular formula is C12H18N2O3. The number of amides is 1. The molecule has 0 aliphatic heterocycles. The summed E-state index contributed by atoms with van der Waals surface area (Å²) in [7, 11) is 4.88. The molecule has 94 valence electrons. The summed E-state index contributed by atoms with van der Waals surface area (Å²) in [6.45, 7) is 0.514. The predicted octanol–water partition coefficient (Wildman–Crippen LogP) is 0.621. The van der Waals surface area contributed by atoms with E-state index in [-0.39, 0.29) is 12.5 Å². The van der Waals surface area contributed by atoms with Crippen LogP contribution < -0.4 is 15.2 Å². The van der Waals surface area contributed by atoms with E-state index < -0.39 is 0 Å². The Balaban J connectivity index is 2.82. The third-order valence-electron chi connectivity index (χ3n) is 2.47. The van der Waals surface area contributed by atoms with Gasteiger partial charge in [-0.25, -0.2) is 0 Å². The molecule has 0 unspecified atom stereocenters. The molecule has 0 heterocycles. The maximum atomic E-state index is 11.3. The van der Waals surface area contributed by atoms with Crippen LogP contribution >= 0.6 is 0 Å². The zero-order valence-corrected chi connectivity index (χ0v) is 10.4. The van der Waals surface area contributed by atoms with Gasteiger partial charge in [0.1, 0.15) is 0 Å². The molecule has 1 rings (SSSR count). The molecule has 0 saturated carbocycles. The van der Waals surface area contributed by atoms with Crippen molar-refractivity contribution in [1.29, 1.82) is 0 Å². The number of hydrogen-bond acceptors (Lipinski definition) is 4. The number of likely N-dealkylation sites (N-methyl/N-ethyl adjacent to an activating group) is 1. The van der Waals surface area contributed by atoms with E-state index >= 15 is 0 Å². The molecule has 0 atom stereocenters. The summed E-state index contributed by atoms with van der Waals surface area (Å²) in [6.07, 6.45) is 0. The van der Waals surface area contributed by atoms with Crippen molar-refractivity contribution in [3.63, 3.8) is 0 Å². The number of benzene rings is 1. The summed E-state index contributed by atoms with van der Waals surface area (Å²) in [4.78, 5) is 12.9. The molecule has 17 heavy (non-hydrogen) atoms. The predicted molar refractivity (Wildman–Crippen MR) is 65.1 cm³/mol. The van der Waals surface area contributed by atoms with Crippen molar-refractivity contribution in [2.75, 3.05) is 27.8 Å². The zero-order valence-electron chi connectivity index (χ0n) is 10.4. The molecule has 0 bridgehead atoms. The Bertz CT molecular complexity index is 393. The third-order valence-corrected chi connectivity index (χ3v) is 2.47. The summed E-state index contributed by atoms with van der Waals surface area (Å²) < 4.78 is 10.3. The summed E-state index contributed by atoms with van der Waals surface area (Å²) in [5.74, 6) is 1.22. The van der Waals surface area contributed by atoms with Crippen LogP contribution in [0.1, 0.15) is 5.56 Å². The lowest BCUT2D eigenvalue weighted by Crippen LogP contribution is -2.32. The van der Waals surface area contributed by atoms with Crippen molar-refractivity contribution in [3.05, 3.63) is 23.8 Å². The summed E-state index contributed by atoms with van der Waals surface area (Å²) in [5.41, 5.74) is 6.26. The number of nitrogens with two attached hydrogens (primary N) is 1. The van der Waals surface area contributed by atoms with E-state index in [0.717, 1.165) is 5.56 Å². The Morgan fingerprint density at radius 2 is 1.94 bits per heavy atom. The fraction of sp³-hybridized carbons (Fsp3) is 0.417. The number of carbonyl (C=O) groups is 1. The van der Waals surface area contributed by atoms with Crippen LogP contribution in [-0.2, 0) is 11.3 Å². The summed E-state index contributed by atoms with van der Waals surface area (Å²) in [5, 5.41) is 0. The smallest absolute Gasteiger partial charge is 0.236 e. The molecule has 0 spiro atoms. The highest BCUT2D eigenvalue weighted by molar-refractivity contribution is 5.77. The first-order chi connectivity index (χ1) is 8.12. The maximum absolute atomic E-state index is 11.3. The number of methoxy groups -OCH3 is 2. The largest absolute Gasteiger partial charge is 0.493 e. The number of nitrogens with zero attached hydrogens (tertiary/aromatic N) is 1. The topological polar surface area (TPSA) is 64.8 Å². The molecule has 0 aromatic heterocycles. The minimum atomic E-state index is -0.0974. The SMILES string of the molecule is COc1ccc(CN(C)C(=O)CN)cc1OC. The van der Waals surface area contributed by atoms with E-state index in [9.17, 15) is 4.79 Å². The van der Waals surface area contributed by atoms with Gasteiger partial charge in [0.25, 0.3) is 0 Å². The van der Waals surface area contributed by atoms with Crippen molar-refractivity contribution in [2.45, 2.75) is 6.54 Å². The van der Waals surface area contributed by atoms with Crippen LogP contribution in [0.4, 0.5) is 0 Å². The van der Waals surface area contributed by atoms with E-state index in [1.165, 1.54) is 0 Å². The molecule has 0 aliphatic rings. The molecular weight excluding hydrogens is 220 g/mol. The second-order valence-electron chi connectivity index (χ2n) is 3.64. The molecule has 0 saturated heterocycles. The van der Waals surface area contributed by atoms with Crippen molar-refractivity contribution < 1.29 is 14.3 Å². The molecule has 0 fully saturated rings. The second-order valence-corrected chi connectivity index (χ2v) is 3.64. The second kappa shape index (κ2) is 6.10. The molecule has 0 radical (unpaired) electrons. The maximum Gasteiger partial charge on any atom is 0.236 e. The van der Waals surface area contributed by atoms with Gasteiger partial charge in [0.15, 0.2) is 11.5 Å². The lowest BCUT2D eigenvalue weighted by Gasteiger charge is -2.17. The molecule has 5 nitrogen and oxygen atoms in total. The fourth-order valence-electron chi connectivity index (χ4n) is 1.50. The number of ether oxygens (including phenoxy) is 2. The Morgan fingerprint density at radius 3 is 2.47 bits per heavy atom. The van der Waals surface area contributed by atoms with Gasteiger partial charge in [-0.05, 0) is 17.7 Å². The van der Waals surface area contributed by atoms with Crippen molar-refractivity contribution in [1.82, 2.24) is 4.90 Å². The zero-order chi connectivity index (χ0) is 12.8. The van der Waals surface area contributed by atoms with Gasteiger partial charge in [0.05, 0.1) is 20.8 Å². The fourth-order valence-corrected chi connectivity index (χ4v) is 1.50. The molecule has 0 aliphatic carbocycles. The third kappa shape index (κ3) is 3.35. The van der Waals surface area contributed by atoms with Crippen LogP contribution in [0.15, 0.2) is 18.2 Å². The minimum absolute atomic E-state index is 0.0176. The first-order valence-electron chi connectivity index (χ1n) is 5.27. The number of carbonyl (C=O) groups excluding carboxylic acids is 1. The summed E-state index contributed by atoms with van der Waals surface area (Å²) in [6, 6.07) is 5.55. The summed E-state index contributed by atoms with van der Waals surface area (Å²) >= 11 is 0. The Labute approximate surface area is 101 Å². The van der Waals surface area contributed by atoms with Gasteiger partial charge in [0, 0.05) is 13.6 Å². The number of hydrogen-bond donors (Lipinski definition) is 1. The Hall–Kier alpha value is -1.75. The quantitative estimate of drug-likeness (QED) is 0.816. The lowest BCUT2D eigenvalue weighted by molar-refractivity contribution is -0.128. The van der Waals surface area contributed by atoms with Gasteiger partial charge in [-0.2, -0.15) is 0 Å². The van der Waals surface area contributed by atoms with E-state index in [0.29, 0.717) is 18.0 Å². The van der Waals surface area contributed by atoms with Crippen LogP contribution in [0.2, 0.25) is 0 Å². The highest BCUT2D eigenvalue weighted by Gasteiger charge is 2.09. The molecule has 5 heteroatoms. The molecule has 1 amide bonds. The standard InChI is InChI=1S/C12H18N2O3/c1-14(12(15)7-13)8-9-4-5-10(16-2)11(6-9)17-3/h4-6H,7-8,13H2,1-3H3. The minimum Gasteiger partial charge on any atom is -0.493 e. The van der Waals surface area contributed by atoms with Crippen molar-refractivity contribution >= 4 is 5.91 Å². The van der Waals surface area contributed by atoms with Gasteiger partial charge in [0.2, 0.25) is 5.91 Å². The molecule has 1 aromatic rings. The van der Waals surface area contributed by atoms with E-state index in [4.69, 9.17) is 15.2 Å². The van der Waals surface area contributed by atoms with Crippen LogP contribution in [0, 0.1) is 0 Å². The normalized spacial score (nSPS) is 9.88. The van der Waals surface area contributed by atoms with Gasteiger partial charge < -0.3 is 20.1 Å². The lowest BCUT2D eigenvalue weighted by atomic mass is 10.2. The molecule has 2 N–H and O–H groups in total. The van der Waals surface area contributed by atoms with Crippen LogP contribution in [-0.4, -0.2) is 38.6 Å². The highest BCUT2D eigenvalue weighted by atomic mass is 16.5. The average Bonchev–Trinajstić information content (AvgIpc) is 2.37. The highest BCUT2D eigenvalue weighted by Crippen LogP contribution is 2.27. The van der Waals surface area contributed by atoms with E-state index in [2.05, 4.69) is 0 Å². The van der Waals surface area contributed by atoms with E-state index in [1.54, 1.807) is 26.2 Å². The van der Waals surface area contributed by atoms with Gasteiger partial charge >= 0.3 is 0 Å². The monoisotopic (exact) mass is 238 g/mol. The Morgan fingerprint density at radius 1 is 1.29 bits per heavy atom. The van der Waals surface area contributed by atoms with Crippen molar-refractivity contribution in [2.24, 2.45) is 5.73 Å². The van der Waals surface area contributed by atoms with Crippen molar-refractivity contribution in [3.8, 4) is 11.5 Å². The Kier molecular flexibility index (Phi) is 4.78. The van der Waals surface area contributed by atoms with Crippen LogP contribution in [0.25, 0.3) is 0 Å². The van der Waals surface area contributed by atoms with Gasteiger partial charge in [-0.1, -0.05) is 6.07 Å². The van der Waals surface area contributed by atoms with E-state index in [1.807, 2.05) is 18.2 Å². The first-order valence-corrected chi connectivity index (χ1v) is 5.27. The van der Waals surface area contributed by atoms with Crippen LogP contribution in [0.5, 0.6) is 11.5 Å². The number of rotatable bonds is 5. The van der Waals surface area contributed by atoms with Crippen LogP contribution in [0.3, 0.4) is 0 Å². The average molecular weight is 238 g/mol. The van der Waals surface area contributed by atoms with Gasteiger partial charge in [-0.3, -0.25) is 4.79 Å². The molecule has 1 aromatic carbocycles. The first kappa shape index (κ1) is 13.3. The van der Waals surface area contributed by atoms with Gasteiger partial charge in [-0.15, -0.1) is 0 Å².